The first-order valence-corrected chi connectivity index (χ1v) is 12.5. The Morgan fingerprint density at radius 1 is 1.23 bits per heavy atom. The summed E-state index contributed by atoms with van der Waals surface area (Å²) in [7, 11) is -3.92. The Bertz CT molecular complexity index is 1560. The maximum atomic E-state index is 13.0. The van der Waals surface area contributed by atoms with Crippen LogP contribution >= 0.6 is 0 Å². The number of aryl methyl sites for hydroxylation is 1. The van der Waals surface area contributed by atoms with Crippen molar-refractivity contribution in [3.63, 3.8) is 0 Å². The third-order valence-electron chi connectivity index (χ3n) is 6.06. The normalized spacial score (nSPS) is 15.7. The Balaban J connectivity index is 1.32. The van der Waals surface area contributed by atoms with Crippen LogP contribution in [0.4, 0.5) is 5.69 Å². The quantitative estimate of drug-likeness (QED) is 0.338. The van der Waals surface area contributed by atoms with Crippen molar-refractivity contribution >= 4 is 32.5 Å². The molecule has 35 heavy (non-hydrogen) atoms. The number of fused-ring (bicyclic) bond motifs is 2. The van der Waals surface area contributed by atoms with Crippen LogP contribution in [0.1, 0.15) is 27.3 Å². The van der Waals surface area contributed by atoms with Gasteiger partial charge < -0.3 is 20.2 Å². The lowest BCUT2D eigenvalue weighted by molar-refractivity contribution is 0.0933. The summed E-state index contributed by atoms with van der Waals surface area (Å²) in [5.74, 6) is 0.630. The molecule has 0 radical (unpaired) electrons. The second-order valence-corrected chi connectivity index (χ2v) is 10.1. The Morgan fingerprint density at radius 2 is 2.03 bits per heavy atom. The second kappa shape index (κ2) is 8.90. The van der Waals surface area contributed by atoms with E-state index in [-0.39, 0.29) is 16.8 Å². The maximum Gasteiger partial charge on any atom is 0.261 e. The van der Waals surface area contributed by atoms with E-state index in [0.29, 0.717) is 47.4 Å². The summed E-state index contributed by atoms with van der Waals surface area (Å²) >= 11 is 0. The van der Waals surface area contributed by atoms with Gasteiger partial charge in [-0.15, -0.1) is 0 Å². The summed E-state index contributed by atoms with van der Waals surface area (Å²) < 4.78 is 30.6. The molecule has 11 heteroatoms. The number of carbonyl (C=O) groups is 1. The van der Waals surface area contributed by atoms with Gasteiger partial charge in [-0.3, -0.25) is 9.52 Å². The zero-order valence-electron chi connectivity index (χ0n) is 18.9. The van der Waals surface area contributed by atoms with Crippen molar-refractivity contribution in [2.24, 2.45) is 0 Å². The lowest BCUT2D eigenvalue weighted by Crippen LogP contribution is -2.42. The molecule has 0 saturated carbocycles. The Hall–Kier alpha value is -4.14. The second-order valence-electron chi connectivity index (χ2n) is 8.42. The molecule has 4 aromatic rings. The lowest BCUT2D eigenvalue weighted by Gasteiger charge is -2.17. The molecule has 1 amide bonds. The van der Waals surface area contributed by atoms with Crippen molar-refractivity contribution in [1.29, 1.82) is 5.26 Å². The zero-order chi connectivity index (χ0) is 24.6. The van der Waals surface area contributed by atoms with Crippen LogP contribution in [-0.4, -0.2) is 41.4 Å². The number of H-pyrrole nitrogens is 1. The van der Waals surface area contributed by atoms with E-state index in [1.165, 1.54) is 24.3 Å². The molecule has 0 bridgehead atoms. The molecule has 1 aliphatic rings. The molecule has 4 N–H and O–H groups in total. The third kappa shape index (κ3) is 4.37. The summed E-state index contributed by atoms with van der Waals surface area (Å²) in [4.78, 5) is 20.1. The van der Waals surface area contributed by atoms with Crippen LogP contribution in [0.15, 0.2) is 59.9 Å². The smallest absolute Gasteiger partial charge is 0.261 e. The fraction of sp³-hybridized carbons (Fsp3) is 0.208. The van der Waals surface area contributed by atoms with E-state index in [1.807, 2.05) is 17.7 Å². The van der Waals surface area contributed by atoms with Gasteiger partial charge in [0.25, 0.3) is 15.9 Å². The summed E-state index contributed by atoms with van der Waals surface area (Å²) in [6.45, 7) is 3.69. The molecule has 0 spiro atoms. The van der Waals surface area contributed by atoms with Crippen LogP contribution in [0, 0.1) is 18.3 Å². The Morgan fingerprint density at radius 3 is 2.80 bits per heavy atom. The molecular weight excluding hydrogens is 466 g/mol. The van der Waals surface area contributed by atoms with E-state index in [9.17, 15) is 18.5 Å². The van der Waals surface area contributed by atoms with Gasteiger partial charge in [-0.05, 0) is 42.8 Å². The van der Waals surface area contributed by atoms with Gasteiger partial charge in [0.15, 0.2) is 0 Å². The number of aromatic amines is 1. The molecule has 0 aliphatic carbocycles. The molecule has 3 heterocycles. The number of imidazole rings is 1. The first kappa shape index (κ1) is 22.6. The standard InChI is InChI=1S/C24H23N7O3S/c1-15-2-7-20(23-22(15)17(10-25)11-28-23)30-35(33,34)19-5-3-16(4-6-19)24(32)29-18-12-26-13-21-27-8-9-31(21)14-18/h2-9,11,18,26,28,30H,12-14H2,1H3,(H,29,32). The molecule has 2 aromatic heterocycles. The highest BCUT2D eigenvalue weighted by Crippen LogP contribution is 2.30. The van der Waals surface area contributed by atoms with E-state index in [2.05, 4.69) is 31.4 Å². The molecule has 2 aromatic carbocycles. The van der Waals surface area contributed by atoms with Crippen molar-refractivity contribution in [2.45, 2.75) is 31.0 Å². The highest BCUT2D eigenvalue weighted by atomic mass is 32.2. The zero-order valence-corrected chi connectivity index (χ0v) is 19.7. The summed E-state index contributed by atoms with van der Waals surface area (Å²) in [6, 6.07) is 11.2. The fourth-order valence-corrected chi connectivity index (χ4v) is 5.35. The number of anilines is 1. The van der Waals surface area contributed by atoms with Gasteiger partial charge >= 0.3 is 0 Å². The van der Waals surface area contributed by atoms with Gasteiger partial charge in [-0.2, -0.15) is 5.26 Å². The van der Waals surface area contributed by atoms with Crippen molar-refractivity contribution in [3.8, 4) is 6.07 Å². The first-order chi connectivity index (χ1) is 16.9. The molecule has 10 nitrogen and oxygen atoms in total. The molecule has 0 fully saturated rings. The molecular formula is C24H23N7O3S. The molecule has 0 saturated heterocycles. The average Bonchev–Trinajstić information content (AvgIpc) is 3.44. The number of nitrogens with one attached hydrogen (secondary N) is 4. The van der Waals surface area contributed by atoms with Gasteiger partial charge in [0.2, 0.25) is 0 Å². The topological polar surface area (TPSA) is 145 Å². The van der Waals surface area contributed by atoms with E-state index < -0.39 is 10.0 Å². The minimum absolute atomic E-state index is 0.0222. The Kier molecular flexibility index (Phi) is 5.76. The van der Waals surface area contributed by atoms with Crippen LogP contribution in [0.2, 0.25) is 0 Å². The van der Waals surface area contributed by atoms with Gasteiger partial charge in [0.1, 0.15) is 11.9 Å². The molecule has 1 unspecified atom stereocenters. The number of rotatable bonds is 5. The fourth-order valence-electron chi connectivity index (χ4n) is 4.28. The number of hydrogen-bond donors (Lipinski definition) is 4. The number of hydrogen-bond acceptors (Lipinski definition) is 6. The average molecular weight is 490 g/mol. The molecule has 1 atom stereocenters. The molecule has 5 rings (SSSR count). The number of carbonyl (C=O) groups excluding carboxylic acids is 1. The van der Waals surface area contributed by atoms with E-state index in [0.717, 1.165) is 11.4 Å². The van der Waals surface area contributed by atoms with Crippen LogP contribution in [-0.2, 0) is 23.1 Å². The number of amides is 1. The van der Waals surface area contributed by atoms with Crippen LogP contribution in [0.3, 0.4) is 0 Å². The Labute approximate surface area is 202 Å². The van der Waals surface area contributed by atoms with Crippen molar-refractivity contribution in [1.82, 2.24) is 25.2 Å². The maximum absolute atomic E-state index is 13.0. The van der Waals surface area contributed by atoms with E-state index in [4.69, 9.17) is 0 Å². The van der Waals surface area contributed by atoms with Gasteiger partial charge in [0.05, 0.1) is 34.2 Å². The molecule has 1 aliphatic heterocycles. The summed E-state index contributed by atoms with van der Waals surface area (Å²) in [5.41, 5.74) is 2.55. The minimum atomic E-state index is -3.92. The van der Waals surface area contributed by atoms with Gasteiger partial charge in [-0.1, -0.05) is 6.07 Å². The summed E-state index contributed by atoms with van der Waals surface area (Å²) in [5, 5.41) is 16.3. The van der Waals surface area contributed by atoms with E-state index in [1.54, 1.807) is 24.5 Å². The van der Waals surface area contributed by atoms with Crippen molar-refractivity contribution in [3.05, 3.63) is 77.5 Å². The third-order valence-corrected chi connectivity index (χ3v) is 7.44. The predicted octanol–water partition coefficient (Wildman–Crippen LogP) is 2.25. The number of sulfonamides is 1. The number of benzene rings is 2. The predicted molar refractivity (Wildman–Crippen MR) is 130 cm³/mol. The van der Waals surface area contributed by atoms with Crippen molar-refractivity contribution in [2.75, 3.05) is 11.3 Å². The van der Waals surface area contributed by atoms with Crippen LogP contribution in [0.25, 0.3) is 10.9 Å². The molecule has 178 valence electrons. The lowest BCUT2D eigenvalue weighted by atomic mass is 10.1. The monoisotopic (exact) mass is 489 g/mol. The number of nitriles is 1. The highest BCUT2D eigenvalue weighted by Gasteiger charge is 2.21. The number of aromatic nitrogens is 3. The van der Waals surface area contributed by atoms with Crippen molar-refractivity contribution < 1.29 is 13.2 Å². The number of nitrogens with zero attached hydrogens (tertiary/aromatic N) is 3. The minimum Gasteiger partial charge on any atom is -0.358 e. The van der Waals surface area contributed by atoms with E-state index >= 15 is 0 Å². The van der Waals surface area contributed by atoms with Gasteiger partial charge in [0, 0.05) is 42.6 Å². The highest BCUT2D eigenvalue weighted by molar-refractivity contribution is 7.92. The van der Waals surface area contributed by atoms with Gasteiger partial charge in [-0.25, -0.2) is 13.4 Å². The summed E-state index contributed by atoms with van der Waals surface area (Å²) in [6.07, 6.45) is 5.17. The first-order valence-electron chi connectivity index (χ1n) is 11.0. The van der Waals surface area contributed by atoms with Crippen LogP contribution in [0.5, 0.6) is 0 Å². The van der Waals surface area contributed by atoms with Crippen LogP contribution < -0.4 is 15.4 Å². The largest absolute Gasteiger partial charge is 0.358 e. The SMILES string of the molecule is Cc1ccc(NS(=O)(=O)c2ccc(C(=O)NC3CNCc4nccn4C3)cc2)c2[nH]cc(C#N)c12.